The molecule has 0 spiro atoms. The highest BCUT2D eigenvalue weighted by Gasteiger charge is 2.32. The van der Waals surface area contributed by atoms with E-state index >= 15 is 0 Å². The maximum atomic E-state index is 5.41. The van der Waals surface area contributed by atoms with Crippen molar-refractivity contribution in [2.24, 2.45) is 0 Å². The van der Waals surface area contributed by atoms with Crippen molar-refractivity contribution in [1.29, 1.82) is 0 Å². The molecule has 1 saturated carbocycles. The number of rotatable bonds is 4. The van der Waals surface area contributed by atoms with E-state index in [1.54, 1.807) is 6.26 Å². The fourth-order valence-corrected chi connectivity index (χ4v) is 3.05. The molecule has 108 valence electrons. The van der Waals surface area contributed by atoms with Crippen LogP contribution in [0.1, 0.15) is 43.6 Å². The van der Waals surface area contributed by atoms with Crippen LogP contribution in [0.3, 0.4) is 0 Å². The molecule has 2 aromatic heterocycles. The topological polar surface area (TPSA) is 64.1 Å². The maximum absolute atomic E-state index is 5.41. The van der Waals surface area contributed by atoms with E-state index in [1.807, 2.05) is 20.0 Å². The van der Waals surface area contributed by atoms with Gasteiger partial charge in [-0.25, -0.2) is 0 Å². The summed E-state index contributed by atoms with van der Waals surface area (Å²) in [5, 5.41) is 7.51. The van der Waals surface area contributed by atoms with Gasteiger partial charge in [0.1, 0.15) is 0 Å². The molecular weight excluding hydrogens is 254 g/mol. The van der Waals surface area contributed by atoms with E-state index in [0.717, 1.165) is 12.0 Å². The van der Waals surface area contributed by atoms with Crippen LogP contribution in [0, 0.1) is 6.92 Å². The molecule has 1 aliphatic carbocycles. The lowest BCUT2D eigenvalue weighted by Crippen LogP contribution is -2.46. The lowest BCUT2D eigenvalue weighted by atomic mass is 9.79. The summed E-state index contributed by atoms with van der Waals surface area (Å²) in [6.07, 6.45) is 8.62. The Balaban J connectivity index is 1.78. The normalized spacial score (nSPS) is 18.3. The second kappa shape index (κ2) is 5.40. The predicted molar refractivity (Wildman–Crippen MR) is 75.3 cm³/mol. The van der Waals surface area contributed by atoms with Crippen LogP contribution in [0.4, 0.5) is 0 Å². The van der Waals surface area contributed by atoms with E-state index in [-0.39, 0.29) is 5.54 Å². The van der Waals surface area contributed by atoms with Crippen molar-refractivity contribution < 1.29 is 8.94 Å². The van der Waals surface area contributed by atoms with Crippen molar-refractivity contribution in [3.63, 3.8) is 0 Å². The molecule has 0 bridgehead atoms. The third-order valence-corrected chi connectivity index (χ3v) is 4.36. The van der Waals surface area contributed by atoms with E-state index in [2.05, 4.69) is 15.5 Å². The molecule has 0 aromatic carbocycles. The van der Waals surface area contributed by atoms with Crippen molar-refractivity contribution in [3.8, 4) is 11.6 Å². The van der Waals surface area contributed by atoms with Crippen molar-refractivity contribution in [3.05, 3.63) is 23.8 Å². The molecule has 0 radical (unpaired) electrons. The Labute approximate surface area is 118 Å². The van der Waals surface area contributed by atoms with E-state index in [4.69, 9.17) is 8.94 Å². The molecule has 20 heavy (non-hydrogen) atoms. The van der Waals surface area contributed by atoms with Gasteiger partial charge in [-0.3, -0.25) is 0 Å². The number of likely N-dealkylation sites (N-methyl/N-ethyl adjacent to an activating group) is 1. The van der Waals surface area contributed by atoms with Crippen molar-refractivity contribution >= 4 is 0 Å². The van der Waals surface area contributed by atoms with E-state index < -0.39 is 0 Å². The van der Waals surface area contributed by atoms with Crippen molar-refractivity contribution in [1.82, 2.24) is 15.5 Å². The van der Waals surface area contributed by atoms with Gasteiger partial charge in [0.25, 0.3) is 0 Å². The van der Waals surface area contributed by atoms with Crippen molar-refractivity contribution in [2.45, 2.75) is 51.0 Å². The second-order valence-corrected chi connectivity index (χ2v) is 5.71. The smallest absolute Gasteiger partial charge is 0.238 e. The number of aromatic nitrogens is 2. The number of aryl methyl sites for hydroxylation is 1. The SMILES string of the molecule is CNC1(Cc2nc(-c3occc3C)no2)CCCCC1. The molecule has 1 fully saturated rings. The maximum Gasteiger partial charge on any atom is 0.238 e. The number of nitrogens with one attached hydrogen (secondary N) is 1. The summed E-state index contributed by atoms with van der Waals surface area (Å²) >= 11 is 0. The van der Waals surface area contributed by atoms with Crippen molar-refractivity contribution in [2.75, 3.05) is 7.05 Å². The largest absolute Gasteiger partial charge is 0.461 e. The van der Waals surface area contributed by atoms with Gasteiger partial charge in [0.2, 0.25) is 11.7 Å². The Morgan fingerprint density at radius 3 is 2.75 bits per heavy atom. The van der Waals surface area contributed by atoms with Crippen LogP contribution in [0.15, 0.2) is 21.3 Å². The fourth-order valence-electron chi connectivity index (χ4n) is 3.05. The Bertz CT molecular complexity index is 567. The minimum atomic E-state index is 0.111. The summed E-state index contributed by atoms with van der Waals surface area (Å²) in [6, 6.07) is 1.90. The van der Waals surface area contributed by atoms with Crippen LogP contribution >= 0.6 is 0 Å². The molecule has 0 atom stereocenters. The van der Waals surface area contributed by atoms with E-state index in [9.17, 15) is 0 Å². The zero-order valence-electron chi connectivity index (χ0n) is 12.1. The van der Waals surface area contributed by atoms with Crippen LogP contribution in [-0.2, 0) is 6.42 Å². The number of nitrogens with zero attached hydrogens (tertiary/aromatic N) is 2. The summed E-state index contributed by atoms with van der Waals surface area (Å²) in [6.45, 7) is 1.98. The molecule has 1 N–H and O–H groups in total. The summed E-state index contributed by atoms with van der Waals surface area (Å²) in [5.41, 5.74) is 1.14. The van der Waals surface area contributed by atoms with Crippen LogP contribution in [0.5, 0.6) is 0 Å². The predicted octanol–water partition coefficient (Wildman–Crippen LogP) is 3.10. The van der Waals surface area contributed by atoms with Gasteiger partial charge in [-0.2, -0.15) is 4.98 Å². The first kappa shape index (κ1) is 13.4. The van der Waals surface area contributed by atoms with Gasteiger partial charge < -0.3 is 14.3 Å². The van der Waals surface area contributed by atoms with Crippen LogP contribution in [0.2, 0.25) is 0 Å². The monoisotopic (exact) mass is 275 g/mol. The lowest BCUT2D eigenvalue weighted by Gasteiger charge is -2.36. The fraction of sp³-hybridized carbons (Fsp3) is 0.600. The molecule has 0 aliphatic heterocycles. The Hall–Kier alpha value is -1.62. The first-order chi connectivity index (χ1) is 9.72. The van der Waals surface area contributed by atoms with Gasteiger partial charge in [-0.1, -0.05) is 24.4 Å². The van der Waals surface area contributed by atoms with Gasteiger partial charge in [0, 0.05) is 12.0 Å². The van der Waals surface area contributed by atoms with Gasteiger partial charge >= 0.3 is 0 Å². The third kappa shape index (κ3) is 2.50. The molecular formula is C15H21N3O2. The zero-order valence-corrected chi connectivity index (χ0v) is 12.1. The van der Waals surface area contributed by atoms with E-state index in [0.29, 0.717) is 17.5 Å². The summed E-state index contributed by atoms with van der Waals surface area (Å²) in [7, 11) is 2.03. The molecule has 0 unspecified atom stereocenters. The lowest BCUT2D eigenvalue weighted by molar-refractivity contribution is 0.221. The first-order valence-corrected chi connectivity index (χ1v) is 7.28. The molecule has 1 aliphatic rings. The average molecular weight is 275 g/mol. The molecule has 2 heterocycles. The van der Waals surface area contributed by atoms with Crippen LogP contribution in [-0.4, -0.2) is 22.7 Å². The van der Waals surface area contributed by atoms with Gasteiger partial charge in [-0.05, 0) is 38.4 Å². The average Bonchev–Trinajstić information content (AvgIpc) is 3.08. The van der Waals surface area contributed by atoms with Gasteiger partial charge in [0.05, 0.1) is 6.26 Å². The quantitative estimate of drug-likeness (QED) is 0.928. The Morgan fingerprint density at radius 2 is 2.10 bits per heavy atom. The summed E-state index contributed by atoms with van der Waals surface area (Å²) < 4.78 is 10.8. The second-order valence-electron chi connectivity index (χ2n) is 5.71. The molecule has 5 heteroatoms. The number of hydrogen-bond acceptors (Lipinski definition) is 5. The minimum absolute atomic E-state index is 0.111. The minimum Gasteiger partial charge on any atom is -0.461 e. The van der Waals surface area contributed by atoms with Crippen LogP contribution in [0.25, 0.3) is 11.6 Å². The standard InChI is InChI=1S/C15H21N3O2/c1-11-6-9-19-13(11)14-17-12(20-18-14)10-15(16-2)7-4-3-5-8-15/h6,9,16H,3-5,7-8,10H2,1-2H3. The van der Waals surface area contributed by atoms with E-state index in [1.165, 1.54) is 32.1 Å². The highest BCUT2D eigenvalue weighted by atomic mass is 16.5. The first-order valence-electron chi connectivity index (χ1n) is 7.28. The molecule has 3 rings (SSSR count). The molecule has 2 aromatic rings. The molecule has 0 saturated heterocycles. The van der Waals surface area contributed by atoms with Gasteiger partial charge in [-0.15, -0.1) is 0 Å². The van der Waals surface area contributed by atoms with Crippen LogP contribution < -0.4 is 5.32 Å². The highest BCUT2D eigenvalue weighted by Crippen LogP contribution is 2.31. The molecule has 5 nitrogen and oxygen atoms in total. The van der Waals surface area contributed by atoms with Gasteiger partial charge in [0.15, 0.2) is 5.76 Å². The molecule has 0 amide bonds. The zero-order chi connectivity index (χ0) is 14.0. The highest BCUT2D eigenvalue weighted by molar-refractivity contribution is 5.50. The Kier molecular flexibility index (Phi) is 3.61. The summed E-state index contributed by atoms with van der Waals surface area (Å²) in [4.78, 5) is 4.49. The Morgan fingerprint density at radius 1 is 1.30 bits per heavy atom. The number of furan rings is 1. The summed E-state index contributed by atoms with van der Waals surface area (Å²) in [5.74, 6) is 1.93. The third-order valence-electron chi connectivity index (χ3n) is 4.36. The number of hydrogen-bond donors (Lipinski definition) is 1.